The third kappa shape index (κ3) is 5.63. The molecule has 0 aliphatic rings. The number of halogens is 3. The molecule has 0 radical (unpaired) electrons. The van der Waals surface area contributed by atoms with E-state index in [-0.39, 0.29) is 18.5 Å². The summed E-state index contributed by atoms with van der Waals surface area (Å²) in [4.78, 5) is 23.1. The lowest BCUT2D eigenvalue weighted by atomic mass is 9.98. The fourth-order valence-electron chi connectivity index (χ4n) is 1.80. The minimum Gasteiger partial charge on any atom is -0.481 e. The van der Waals surface area contributed by atoms with Gasteiger partial charge in [0, 0.05) is 20.1 Å². The van der Waals surface area contributed by atoms with Gasteiger partial charge in [-0.05, 0) is 5.56 Å². The van der Waals surface area contributed by atoms with Gasteiger partial charge in [0.2, 0.25) is 0 Å². The van der Waals surface area contributed by atoms with E-state index in [1.165, 1.54) is 31.3 Å². The molecule has 0 aromatic heterocycles. The molecule has 22 heavy (non-hydrogen) atoms. The van der Waals surface area contributed by atoms with Crippen molar-refractivity contribution in [2.45, 2.75) is 18.5 Å². The molecule has 0 heterocycles. The maximum Gasteiger partial charge on any atom is 0.397 e. The van der Waals surface area contributed by atoms with Crippen molar-refractivity contribution in [2.24, 2.45) is 0 Å². The molecule has 122 valence electrons. The number of nitrogens with zero attached hydrogens (tertiary/aromatic N) is 1. The van der Waals surface area contributed by atoms with Gasteiger partial charge in [0.15, 0.2) is 0 Å². The van der Waals surface area contributed by atoms with Gasteiger partial charge in [-0.25, -0.2) is 4.79 Å². The predicted molar refractivity (Wildman–Crippen MR) is 73.5 cm³/mol. The van der Waals surface area contributed by atoms with E-state index in [0.29, 0.717) is 0 Å². The highest BCUT2D eigenvalue weighted by Gasteiger charge is 2.40. The molecule has 1 unspecified atom stereocenters. The lowest BCUT2D eigenvalue weighted by molar-refractivity contribution is -0.149. The summed E-state index contributed by atoms with van der Waals surface area (Å²) >= 11 is 0. The zero-order chi connectivity index (χ0) is 16.8. The Bertz CT molecular complexity index is 506. The molecule has 5 nitrogen and oxygen atoms in total. The average Bonchev–Trinajstić information content (AvgIpc) is 2.44. The first-order valence-electron chi connectivity index (χ1n) is 6.54. The number of urea groups is 1. The normalized spacial score (nSPS) is 12.5. The van der Waals surface area contributed by atoms with E-state index < -0.39 is 30.6 Å². The van der Waals surface area contributed by atoms with Crippen molar-refractivity contribution >= 4 is 12.0 Å². The zero-order valence-electron chi connectivity index (χ0n) is 11.9. The van der Waals surface area contributed by atoms with Crippen molar-refractivity contribution in [3.05, 3.63) is 35.9 Å². The molecule has 0 aliphatic carbocycles. The minimum absolute atomic E-state index is 0.0588. The van der Waals surface area contributed by atoms with Gasteiger partial charge in [-0.3, -0.25) is 4.79 Å². The topological polar surface area (TPSA) is 69.6 Å². The molecule has 1 rings (SSSR count). The van der Waals surface area contributed by atoms with Crippen LogP contribution >= 0.6 is 0 Å². The molecule has 0 spiro atoms. The molecule has 1 atom stereocenters. The molecular formula is C14H17F3N2O3. The first kappa shape index (κ1) is 17.8. The van der Waals surface area contributed by atoms with Crippen molar-refractivity contribution in [3.63, 3.8) is 0 Å². The van der Waals surface area contributed by atoms with Crippen LogP contribution in [0.2, 0.25) is 0 Å². The van der Waals surface area contributed by atoms with Gasteiger partial charge in [0.1, 0.15) is 0 Å². The van der Waals surface area contributed by atoms with Crippen LogP contribution in [0.1, 0.15) is 17.9 Å². The number of benzene rings is 1. The van der Waals surface area contributed by atoms with Crippen LogP contribution in [0.3, 0.4) is 0 Å². The molecule has 8 heteroatoms. The Morgan fingerprint density at radius 1 is 1.27 bits per heavy atom. The third-order valence-electron chi connectivity index (χ3n) is 3.06. The number of amides is 2. The summed E-state index contributed by atoms with van der Waals surface area (Å²) in [5.41, 5.74) is 0.0588. The van der Waals surface area contributed by atoms with Crippen LogP contribution < -0.4 is 5.32 Å². The number of carboxylic acids is 1. The molecule has 1 aromatic carbocycles. The van der Waals surface area contributed by atoms with E-state index in [0.717, 1.165) is 4.90 Å². The number of carbonyl (C=O) groups excluding carboxylic acids is 1. The SMILES string of the molecule is CN(CCC(=O)O)C(=O)NCC(c1ccccc1)C(F)(F)F. The summed E-state index contributed by atoms with van der Waals surface area (Å²) < 4.78 is 39.2. The van der Waals surface area contributed by atoms with Crippen molar-refractivity contribution in [1.29, 1.82) is 0 Å². The van der Waals surface area contributed by atoms with E-state index in [4.69, 9.17) is 5.11 Å². The Morgan fingerprint density at radius 3 is 2.36 bits per heavy atom. The summed E-state index contributed by atoms with van der Waals surface area (Å²) in [6.07, 6.45) is -4.76. The molecule has 0 saturated heterocycles. The van der Waals surface area contributed by atoms with Crippen LogP contribution in [-0.4, -0.2) is 48.3 Å². The maximum atomic E-state index is 13.1. The standard InChI is InChI=1S/C14H17F3N2O3/c1-19(8-7-12(20)21)13(22)18-9-11(14(15,16)17)10-5-3-2-4-6-10/h2-6,11H,7-9H2,1H3,(H,18,22)(H,20,21). The number of carbonyl (C=O) groups is 2. The van der Waals surface area contributed by atoms with Crippen LogP contribution in [0.5, 0.6) is 0 Å². The van der Waals surface area contributed by atoms with Gasteiger partial charge < -0.3 is 15.3 Å². The second-order valence-corrected chi connectivity index (χ2v) is 4.76. The largest absolute Gasteiger partial charge is 0.481 e. The van der Waals surface area contributed by atoms with E-state index in [1.54, 1.807) is 6.07 Å². The summed E-state index contributed by atoms with van der Waals surface area (Å²) in [7, 11) is 1.32. The monoisotopic (exact) mass is 318 g/mol. The highest BCUT2D eigenvalue weighted by atomic mass is 19.4. The maximum absolute atomic E-state index is 13.1. The minimum atomic E-state index is -4.49. The lowest BCUT2D eigenvalue weighted by Gasteiger charge is -2.23. The first-order valence-corrected chi connectivity index (χ1v) is 6.54. The average molecular weight is 318 g/mol. The number of nitrogens with one attached hydrogen (secondary N) is 1. The van der Waals surface area contributed by atoms with E-state index in [2.05, 4.69) is 5.32 Å². The van der Waals surface area contributed by atoms with Crippen LogP contribution in [0.15, 0.2) is 30.3 Å². The summed E-state index contributed by atoms with van der Waals surface area (Å²) in [6, 6.07) is 6.54. The number of hydrogen-bond donors (Lipinski definition) is 2. The Kier molecular flexibility index (Phi) is 6.21. The fraction of sp³-hybridized carbons (Fsp3) is 0.429. The zero-order valence-corrected chi connectivity index (χ0v) is 11.9. The summed E-state index contributed by atoms with van der Waals surface area (Å²) in [5, 5.41) is 10.7. The first-order chi connectivity index (χ1) is 10.2. The molecule has 0 fully saturated rings. The quantitative estimate of drug-likeness (QED) is 0.846. The Labute approximate surface area is 125 Å². The number of carboxylic acid groups (broad SMARTS) is 1. The Morgan fingerprint density at radius 2 is 1.86 bits per heavy atom. The molecule has 0 saturated carbocycles. The molecule has 0 bridgehead atoms. The summed E-state index contributed by atoms with van der Waals surface area (Å²) in [5.74, 6) is -2.90. The molecule has 2 amide bonds. The van der Waals surface area contributed by atoms with Crippen LogP contribution in [0.25, 0.3) is 0 Å². The predicted octanol–water partition coefficient (Wildman–Crippen LogP) is 2.45. The number of hydrogen-bond acceptors (Lipinski definition) is 2. The van der Waals surface area contributed by atoms with Gasteiger partial charge in [-0.1, -0.05) is 30.3 Å². The number of alkyl halides is 3. The van der Waals surface area contributed by atoms with Crippen molar-refractivity contribution in [3.8, 4) is 0 Å². The van der Waals surface area contributed by atoms with Crippen LogP contribution in [-0.2, 0) is 4.79 Å². The number of aliphatic carboxylic acids is 1. The molecular weight excluding hydrogens is 301 g/mol. The smallest absolute Gasteiger partial charge is 0.397 e. The van der Waals surface area contributed by atoms with Gasteiger partial charge in [0.25, 0.3) is 0 Å². The molecule has 2 N–H and O–H groups in total. The van der Waals surface area contributed by atoms with Crippen molar-refractivity contribution < 1.29 is 27.9 Å². The Hall–Kier alpha value is -2.25. The molecule has 0 aliphatic heterocycles. The van der Waals surface area contributed by atoms with E-state index in [9.17, 15) is 22.8 Å². The van der Waals surface area contributed by atoms with Crippen molar-refractivity contribution in [2.75, 3.05) is 20.1 Å². The lowest BCUT2D eigenvalue weighted by Crippen LogP contribution is -2.42. The van der Waals surface area contributed by atoms with E-state index >= 15 is 0 Å². The highest BCUT2D eigenvalue weighted by Crippen LogP contribution is 2.34. The third-order valence-corrected chi connectivity index (χ3v) is 3.06. The summed E-state index contributed by atoms with van der Waals surface area (Å²) in [6.45, 7) is -0.688. The van der Waals surface area contributed by atoms with Crippen molar-refractivity contribution in [1.82, 2.24) is 10.2 Å². The van der Waals surface area contributed by atoms with Gasteiger partial charge in [-0.15, -0.1) is 0 Å². The highest BCUT2D eigenvalue weighted by molar-refractivity contribution is 5.75. The number of rotatable bonds is 6. The van der Waals surface area contributed by atoms with Gasteiger partial charge in [-0.2, -0.15) is 13.2 Å². The van der Waals surface area contributed by atoms with Crippen LogP contribution in [0.4, 0.5) is 18.0 Å². The Balaban J connectivity index is 2.65. The van der Waals surface area contributed by atoms with Gasteiger partial charge >= 0.3 is 18.2 Å². The van der Waals surface area contributed by atoms with Crippen LogP contribution in [0, 0.1) is 0 Å². The molecule has 1 aromatic rings. The second-order valence-electron chi connectivity index (χ2n) is 4.76. The second kappa shape index (κ2) is 7.67. The van der Waals surface area contributed by atoms with E-state index in [1.807, 2.05) is 0 Å². The van der Waals surface area contributed by atoms with Gasteiger partial charge in [0.05, 0.1) is 12.3 Å². The fourth-order valence-corrected chi connectivity index (χ4v) is 1.80.